The largest absolute Gasteiger partial charge is 0.329 e. The number of pyridine rings is 1. The second kappa shape index (κ2) is 7.74. The number of aromatic nitrogens is 3. The van der Waals surface area contributed by atoms with E-state index in [-0.39, 0.29) is 5.56 Å². The van der Waals surface area contributed by atoms with E-state index in [2.05, 4.69) is 28.2 Å². The number of hydrogen-bond acceptors (Lipinski definition) is 4. The fourth-order valence-corrected chi connectivity index (χ4v) is 4.27. The van der Waals surface area contributed by atoms with Crippen LogP contribution in [0, 0.1) is 13.8 Å². The topological polar surface area (TPSA) is 67.8 Å². The van der Waals surface area contributed by atoms with Crippen molar-refractivity contribution in [1.29, 1.82) is 0 Å². The summed E-state index contributed by atoms with van der Waals surface area (Å²) in [6.07, 6.45) is 3.98. The minimum absolute atomic E-state index is 0.313. The molecule has 5 nitrogen and oxygen atoms in total. The Morgan fingerprint density at radius 3 is 2.50 bits per heavy atom. The molecule has 2 aromatic heterocycles. The van der Waals surface area contributed by atoms with Gasteiger partial charge in [0, 0.05) is 22.9 Å². The summed E-state index contributed by atoms with van der Waals surface area (Å²) in [6.45, 7) is 6.37. The zero-order valence-electron chi connectivity index (χ0n) is 15.1. The van der Waals surface area contributed by atoms with Gasteiger partial charge in [-0.3, -0.25) is 19.3 Å². The van der Waals surface area contributed by atoms with Gasteiger partial charge in [-0.25, -0.2) is 4.79 Å². The number of aromatic amines is 1. The molecule has 3 rings (SSSR count). The zero-order chi connectivity index (χ0) is 18.7. The Kier molecular flexibility index (Phi) is 5.42. The van der Waals surface area contributed by atoms with Crippen LogP contribution in [0.15, 0.2) is 62.2 Å². The van der Waals surface area contributed by atoms with Crippen molar-refractivity contribution < 1.29 is 0 Å². The average Bonchev–Trinajstić information content (AvgIpc) is 2.58. The summed E-state index contributed by atoms with van der Waals surface area (Å²) in [7, 11) is 0. The van der Waals surface area contributed by atoms with Crippen LogP contribution in [0.3, 0.4) is 0 Å². The molecule has 0 aliphatic heterocycles. The Morgan fingerprint density at radius 1 is 1.15 bits per heavy atom. The molecular formula is C20H21N3O2S. The summed E-state index contributed by atoms with van der Waals surface area (Å²) >= 11 is 1.46. The van der Waals surface area contributed by atoms with Crippen molar-refractivity contribution >= 4 is 11.8 Å². The van der Waals surface area contributed by atoms with Crippen molar-refractivity contribution in [2.24, 2.45) is 0 Å². The molecule has 0 atom stereocenters. The van der Waals surface area contributed by atoms with Gasteiger partial charge in [-0.2, -0.15) is 0 Å². The van der Waals surface area contributed by atoms with E-state index in [0.717, 1.165) is 21.6 Å². The van der Waals surface area contributed by atoms with E-state index in [9.17, 15) is 9.59 Å². The fraction of sp³-hybridized carbons (Fsp3) is 0.250. The van der Waals surface area contributed by atoms with Crippen LogP contribution in [-0.2, 0) is 13.0 Å². The van der Waals surface area contributed by atoms with Crippen molar-refractivity contribution in [3.8, 4) is 0 Å². The van der Waals surface area contributed by atoms with Crippen LogP contribution < -0.4 is 11.2 Å². The van der Waals surface area contributed by atoms with E-state index < -0.39 is 5.69 Å². The van der Waals surface area contributed by atoms with Crippen LogP contribution in [0.4, 0.5) is 0 Å². The normalized spacial score (nSPS) is 10.9. The van der Waals surface area contributed by atoms with Crippen LogP contribution in [0.1, 0.15) is 29.2 Å². The van der Waals surface area contributed by atoms with Gasteiger partial charge < -0.3 is 0 Å². The van der Waals surface area contributed by atoms with Crippen LogP contribution in [0.25, 0.3) is 0 Å². The number of benzene rings is 1. The van der Waals surface area contributed by atoms with Gasteiger partial charge in [0.1, 0.15) is 0 Å². The maximum atomic E-state index is 12.5. The molecule has 0 aliphatic rings. The third kappa shape index (κ3) is 3.96. The maximum absolute atomic E-state index is 12.5. The molecule has 0 fully saturated rings. The Labute approximate surface area is 156 Å². The number of nitrogens with one attached hydrogen (secondary N) is 1. The molecule has 3 aromatic rings. The minimum Gasteiger partial charge on any atom is -0.283 e. The number of rotatable bonds is 5. The van der Waals surface area contributed by atoms with Gasteiger partial charge in [0.2, 0.25) is 0 Å². The summed E-state index contributed by atoms with van der Waals surface area (Å²) in [5, 5.41) is 0.690. The van der Waals surface area contributed by atoms with Gasteiger partial charge in [-0.15, -0.1) is 0 Å². The van der Waals surface area contributed by atoms with E-state index in [1.807, 2.05) is 32.9 Å². The van der Waals surface area contributed by atoms with E-state index in [0.29, 0.717) is 23.6 Å². The number of hydrogen-bond donors (Lipinski definition) is 1. The Bertz CT molecular complexity index is 1020. The van der Waals surface area contributed by atoms with E-state index in [4.69, 9.17) is 0 Å². The molecule has 26 heavy (non-hydrogen) atoms. The van der Waals surface area contributed by atoms with Gasteiger partial charge in [0.05, 0.1) is 11.6 Å². The molecule has 0 aliphatic carbocycles. The van der Waals surface area contributed by atoms with Crippen LogP contribution in [0.2, 0.25) is 0 Å². The van der Waals surface area contributed by atoms with Crippen LogP contribution in [-0.4, -0.2) is 14.5 Å². The van der Waals surface area contributed by atoms with Crippen molar-refractivity contribution in [3.05, 3.63) is 85.8 Å². The number of aryl methyl sites for hydroxylation is 2. The lowest BCUT2D eigenvalue weighted by molar-refractivity contribution is 0.633. The van der Waals surface area contributed by atoms with Gasteiger partial charge >= 0.3 is 5.69 Å². The standard InChI is InChI=1S/C20H21N3O2S/c1-4-17-18(24)22-20(25)23(12-15-6-5-7-21-11-15)19(17)26-16-9-13(2)8-14(3)10-16/h5-11H,4,12H2,1-3H3,(H,22,24,25). The summed E-state index contributed by atoms with van der Waals surface area (Å²) in [5.41, 5.74) is 3.12. The predicted octanol–water partition coefficient (Wildman–Crippen LogP) is 3.31. The molecule has 2 heterocycles. The molecule has 0 saturated heterocycles. The lowest BCUT2D eigenvalue weighted by atomic mass is 10.2. The first-order valence-electron chi connectivity index (χ1n) is 8.49. The quantitative estimate of drug-likeness (QED) is 0.703. The second-order valence-electron chi connectivity index (χ2n) is 6.27. The van der Waals surface area contributed by atoms with E-state index >= 15 is 0 Å². The lowest BCUT2D eigenvalue weighted by Gasteiger charge is -2.15. The van der Waals surface area contributed by atoms with Gasteiger partial charge in [0.25, 0.3) is 5.56 Å². The Hall–Kier alpha value is -2.60. The number of nitrogens with zero attached hydrogens (tertiary/aromatic N) is 2. The monoisotopic (exact) mass is 367 g/mol. The molecular weight excluding hydrogens is 346 g/mol. The number of H-pyrrole nitrogens is 1. The molecule has 134 valence electrons. The highest BCUT2D eigenvalue weighted by Crippen LogP contribution is 2.30. The van der Waals surface area contributed by atoms with Crippen molar-refractivity contribution in [2.75, 3.05) is 0 Å². The molecule has 0 amide bonds. The first-order chi connectivity index (χ1) is 12.5. The van der Waals surface area contributed by atoms with Gasteiger partial charge in [-0.05, 0) is 55.2 Å². The lowest BCUT2D eigenvalue weighted by Crippen LogP contribution is -2.34. The van der Waals surface area contributed by atoms with Crippen LogP contribution in [0.5, 0.6) is 0 Å². The highest BCUT2D eigenvalue weighted by molar-refractivity contribution is 7.99. The highest BCUT2D eigenvalue weighted by Gasteiger charge is 2.16. The van der Waals surface area contributed by atoms with Gasteiger partial charge in [-0.1, -0.05) is 30.8 Å². The third-order valence-corrected chi connectivity index (χ3v) is 5.20. The SMILES string of the molecule is CCc1c(Sc2cc(C)cc(C)c2)n(Cc2cccnc2)c(=O)[nH]c1=O. The summed E-state index contributed by atoms with van der Waals surface area (Å²) in [6, 6.07) is 9.99. The summed E-state index contributed by atoms with van der Waals surface area (Å²) in [5.74, 6) is 0. The van der Waals surface area contributed by atoms with Crippen LogP contribution >= 0.6 is 11.8 Å². The van der Waals surface area contributed by atoms with Gasteiger partial charge in [0.15, 0.2) is 0 Å². The molecule has 0 unspecified atom stereocenters. The summed E-state index contributed by atoms with van der Waals surface area (Å²) < 4.78 is 1.62. The second-order valence-corrected chi connectivity index (χ2v) is 7.33. The third-order valence-electron chi connectivity index (χ3n) is 4.07. The molecule has 0 bridgehead atoms. The van der Waals surface area contributed by atoms with Crippen molar-refractivity contribution in [3.63, 3.8) is 0 Å². The smallest absolute Gasteiger partial charge is 0.283 e. The molecule has 0 saturated carbocycles. The highest BCUT2D eigenvalue weighted by atomic mass is 32.2. The minimum atomic E-state index is -0.400. The van der Waals surface area contributed by atoms with E-state index in [1.54, 1.807) is 17.0 Å². The summed E-state index contributed by atoms with van der Waals surface area (Å²) in [4.78, 5) is 32.4. The maximum Gasteiger partial charge on any atom is 0.329 e. The van der Waals surface area contributed by atoms with Crippen molar-refractivity contribution in [1.82, 2.24) is 14.5 Å². The Balaban J connectivity index is 2.14. The van der Waals surface area contributed by atoms with E-state index in [1.165, 1.54) is 11.8 Å². The first-order valence-corrected chi connectivity index (χ1v) is 9.30. The molecule has 1 N–H and O–H groups in total. The average molecular weight is 367 g/mol. The first kappa shape index (κ1) is 18.2. The predicted molar refractivity (Wildman–Crippen MR) is 104 cm³/mol. The molecule has 0 spiro atoms. The molecule has 1 aromatic carbocycles. The Morgan fingerprint density at radius 2 is 1.88 bits per heavy atom. The van der Waals surface area contributed by atoms with Crippen molar-refractivity contribution in [2.45, 2.75) is 43.7 Å². The molecule has 0 radical (unpaired) electrons. The fourth-order valence-electron chi connectivity index (χ4n) is 2.94. The zero-order valence-corrected chi connectivity index (χ0v) is 15.9. The molecule has 6 heteroatoms.